The molecular weight excluding hydrogens is 240 g/mol. The van der Waals surface area contributed by atoms with E-state index < -0.39 is 5.60 Å². The Hall–Kier alpha value is -1.20. The van der Waals surface area contributed by atoms with Gasteiger partial charge in [-0.05, 0) is 39.7 Å². The number of nitrogens with zero attached hydrogens (tertiary/aromatic N) is 3. The molecular formula is C14H24N4O. The summed E-state index contributed by atoms with van der Waals surface area (Å²) in [5, 5.41) is 13.2. The number of aliphatic hydroxyl groups is 1. The van der Waals surface area contributed by atoms with Gasteiger partial charge in [0.15, 0.2) is 0 Å². The number of hydrogen-bond acceptors (Lipinski definition) is 5. The predicted octanol–water partition coefficient (Wildman–Crippen LogP) is 1.65. The molecule has 0 aromatic carbocycles. The van der Waals surface area contributed by atoms with E-state index in [1.54, 1.807) is 6.20 Å². The lowest BCUT2D eigenvalue weighted by atomic mass is 9.98. The van der Waals surface area contributed by atoms with Crippen LogP contribution < -0.4 is 5.32 Å². The second-order valence-electron chi connectivity index (χ2n) is 5.55. The molecule has 1 fully saturated rings. The van der Waals surface area contributed by atoms with E-state index in [2.05, 4.69) is 20.2 Å². The molecule has 2 rings (SSSR count). The van der Waals surface area contributed by atoms with Gasteiger partial charge in [0.05, 0.1) is 23.7 Å². The highest BCUT2D eigenvalue weighted by molar-refractivity contribution is 5.30. The number of likely N-dealkylation sites (tertiary alicyclic amines) is 1. The van der Waals surface area contributed by atoms with Crippen LogP contribution in [-0.4, -0.2) is 45.2 Å². The maximum atomic E-state index is 10.1. The number of hydrogen-bond donors (Lipinski definition) is 2. The van der Waals surface area contributed by atoms with Gasteiger partial charge in [-0.15, -0.1) is 0 Å². The zero-order valence-electron chi connectivity index (χ0n) is 11.9. The number of rotatable bonds is 4. The molecule has 1 saturated heterocycles. The fourth-order valence-corrected chi connectivity index (χ4v) is 2.42. The molecule has 1 aliphatic heterocycles. The second-order valence-corrected chi connectivity index (χ2v) is 5.55. The number of aromatic nitrogens is 2. The number of anilines is 1. The molecule has 106 valence electrons. The van der Waals surface area contributed by atoms with Crippen LogP contribution in [0.5, 0.6) is 0 Å². The van der Waals surface area contributed by atoms with Crippen molar-refractivity contribution < 1.29 is 5.11 Å². The Bertz CT molecular complexity index is 391. The minimum Gasteiger partial charge on any atom is -0.390 e. The van der Waals surface area contributed by atoms with Crippen molar-refractivity contribution in [1.82, 2.24) is 14.9 Å². The lowest BCUT2D eigenvalue weighted by molar-refractivity contribution is 0.0444. The Morgan fingerprint density at radius 3 is 2.84 bits per heavy atom. The van der Waals surface area contributed by atoms with E-state index in [-0.39, 0.29) is 0 Å². The molecule has 1 aliphatic rings. The monoisotopic (exact) mass is 264 g/mol. The van der Waals surface area contributed by atoms with E-state index in [4.69, 9.17) is 0 Å². The molecule has 2 heterocycles. The van der Waals surface area contributed by atoms with Crippen LogP contribution in [0.3, 0.4) is 0 Å². The minimum absolute atomic E-state index is 0.505. The predicted molar refractivity (Wildman–Crippen MR) is 75.9 cm³/mol. The summed E-state index contributed by atoms with van der Waals surface area (Å²) in [6, 6.07) is 0. The molecule has 0 amide bonds. The molecule has 5 heteroatoms. The molecule has 1 aromatic rings. The van der Waals surface area contributed by atoms with Gasteiger partial charge in [0.25, 0.3) is 0 Å². The van der Waals surface area contributed by atoms with Crippen molar-refractivity contribution >= 4 is 5.82 Å². The van der Waals surface area contributed by atoms with Gasteiger partial charge in [0.2, 0.25) is 0 Å². The molecule has 1 aromatic heterocycles. The molecule has 0 bridgehead atoms. The first-order chi connectivity index (χ1) is 9.09. The summed E-state index contributed by atoms with van der Waals surface area (Å²) in [5.41, 5.74) is 0.484. The van der Waals surface area contributed by atoms with Crippen molar-refractivity contribution in [2.75, 3.05) is 25.0 Å². The standard InChI is InChI=1S/C14H24N4O/c1-3-15-13-10-16-12(9-17-13)11-18-7-4-5-14(2,19)6-8-18/h9-10,19H,3-8,11H2,1-2H3,(H,15,17). The molecule has 5 nitrogen and oxygen atoms in total. The lowest BCUT2D eigenvalue weighted by Gasteiger charge is -2.22. The van der Waals surface area contributed by atoms with Gasteiger partial charge in [-0.1, -0.05) is 0 Å². The SMILES string of the molecule is CCNc1cnc(CN2CCCC(C)(O)CC2)cn1. The second kappa shape index (κ2) is 6.30. The van der Waals surface area contributed by atoms with E-state index in [0.29, 0.717) is 0 Å². The average Bonchev–Trinajstić information content (AvgIpc) is 2.54. The molecule has 0 aliphatic carbocycles. The summed E-state index contributed by atoms with van der Waals surface area (Å²) in [6.07, 6.45) is 6.37. The maximum Gasteiger partial charge on any atom is 0.144 e. The molecule has 1 unspecified atom stereocenters. The van der Waals surface area contributed by atoms with Gasteiger partial charge in [0.1, 0.15) is 5.82 Å². The normalized spacial score (nSPS) is 25.0. The number of nitrogens with one attached hydrogen (secondary N) is 1. The summed E-state index contributed by atoms with van der Waals surface area (Å²) in [7, 11) is 0. The topological polar surface area (TPSA) is 61.3 Å². The Balaban J connectivity index is 1.90. The Morgan fingerprint density at radius 1 is 1.32 bits per heavy atom. The van der Waals surface area contributed by atoms with Crippen LogP contribution in [0, 0.1) is 0 Å². The first-order valence-corrected chi connectivity index (χ1v) is 7.08. The molecule has 19 heavy (non-hydrogen) atoms. The van der Waals surface area contributed by atoms with Gasteiger partial charge >= 0.3 is 0 Å². The van der Waals surface area contributed by atoms with E-state index in [9.17, 15) is 5.11 Å². The van der Waals surface area contributed by atoms with Crippen molar-refractivity contribution in [3.63, 3.8) is 0 Å². The Morgan fingerprint density at radius 2 is 2.16 bits per heavy atom. The third-order valence-electron chi connectivity index (χ3n) is 3.61. The minimum atomic E-state index is -0.505. The zero-order valence-corrected chi connectivity index (χ0v) is 11.9. The Kier molecular flexibility index (Phi) is 4.71. The summed E-state index contributed by atoms with van der Waals surface area (Å²) in [5.74, 6) is 0.824. The third kappa shape index (κ3) is 4.44. The van der Waals surface area contributed by atoms with Gasteiger partial charge < -0.3 is 10.4 Å². The molecule has 0 saturated carbocycles. The van der Waals surface area contributed by atoms with Gasteiger partial charge in [-0.2, -0.15) is 0 Å². The van der Waals surface area contributed by atoms with Gasteiger partial charge in [-0.25, -0.2) is 4.98 Å². The average molecular weight is 264 g/mol. The quantitative estimate of drug-likeness (QED) is 0.866. The van der Waals surface area contributed by atoms with Crippen LogP contribution >= 0.6 is 0 Å². The Labute approximate surface area is 115 Å². The summed E-state index contributed by atoms with van der Waals surface area (Å²) in [4.78, 5) is 11.1. The van der Waals surface area contributed by atoms with Crippen LogP contribution in [0.15, 0.2) is 12.4 Å². The highest BCUT2D eigenvalue weighted by atomic mass is 16.3. The molecule has 1 atom stereocenters. The van der Waals surface area contributed by atoms with Crippen LogP contribution in [0.4, 0.5) is 5.82 Å². The largest absolute Gasteiger partial charge is 0.390 e. The van der Waals surface area contributed by atoms with Crippen molar-refractivity contribution in [3.05, 3.63) is 18.1 Å². The van der Waals surface area contributed by atoms with E-state index in [1.165, 1.54) is 0 Å². The maximum absolute atomic E-state index is 10.1. The molecule has 0 radical (unpaired) electrons. The molecule has 0 spiro atoms. The summed E-state index contributed by atoms with van der Waals surface area (Å²) in [6.45, 7) is 7.58. The van der Waals surface area contributed by atoms with Crippen LogP contribution in [0.2, 0.25) is 0 Å². The van der Waals surface area contributed by atoms with E-state index >= 15 is 0 Å². The van der Waals surface area contributed by atoms with Gasteiger partial charge in [0, 0.05) is 19.6 Å². The highest BCUT2D eigenvalue weighted by Gasteiger charge is 2.24. The van der Waals surface area contributed by atoms with Crippen molar-refractivity contribution in [1.29, 1.82) is 0 Å². The van der Waals surface area contributed by atoms with Crippen LogP contribution in [-0.2, 0) is 6.54 Å². The van der Waals surface area contributed by atoms with Crippen molar-refractivity contribution in [2.24, 2.45) is 0 Å². The third-order valence-corrected chi connectivity index (χ3v) is 3.61. The van der Waals surface area contributed by atoms with Gasteiger partial charge in [-0.3, -0.25) is 9.88 Å². The van der Waals surface area contributed by atoms with E-state index in [1.807, 2.05) is 20.0 Å². The first-order valence-electron chi connectivity index (χ1n) is 7.08. The lowest BCUT2D eigenvalue weighted by Crippen LogP contribution is -2.28. The smallest absolute Gasteiger partial charge is 0.144 e. The van der Waals surface area contributed by atoms with Crippen molar-refractivity contribution in [2.45, 2.75) is 45.3 Å². The van der Waals surface area contributed by atoms with Crippen LogP contribution in [0.1, 0.15) is 38.8 Å². The van der Waals surface area contributed by atoms with E-state index in [0.717, 1.165) is 57.0 Å². The summed E-state index contributed by atoms with van der Waals surface area (Å²) >= 11 is 0. The fraction of sp³-hybridized carbons (Fsp3) is 0.714. The molecule has 2 N–H and O–H groups in total. The van der Waals surface area contributed by atoms with Crippen LogP contribution in [0.25, 0.3) is 0 Å². The fourth-order valence-electron chi connectivity index (χ4n) is 2.42. The van der Waals surface area contributed by atoms with Crippen molar-refractivity contribution in [3.8, 4) is 0 Å². The zero-order chi connectivity index (χ0) is 13.7. The first kappa shape index (κ1) is 14.2. The summed E-state index contributed by atoms with van der Waals surface area (Å²) < 4.78 is 0. The highest BCUT2D eigenvalue weighted by Crippen LogP contribution is 2.22.